The molecule has 144 valence electrons. The van der Waals surface area contributed by atoms with Gasteiger partial charge in [0.05, 0.1) is 6.42 Å². The Labute approximate surface area is 158 Å². The average molecular weight is 374 g/mol. The quantitative estimate of drug-likeness (QED) is 0.769. The van der Waals surface area contributed by atoms with Gasteiger partial charge in [0.25, 0.3) is 0 Å². The first-order chi connectivity index (χ1) is 12.9. The van der Waals surface area contributed by atoms with Gasteiger partial charge < -0.3 is 10.2 Å². The van der Waals surface area contributed by atoms with Crippen LogP contribution in [-0.2, 0) is 22.6 Å². The molecule has 0 radical (unpaired) electrons. The fourth-order valence-electron chi connectivity index (χ4n) is 2.67. The van der Waals surface area contributed by atoms with Crippen molar-refractivity contribution in [2.75, 3.05) is 6.54 Å². The van der Waals surface area contributed by atoms with E-state index in [1.807, 2.05) is 6.92 Å². The summed E-state index contributed by atoms with van der Waals surface area (Å²) in [6, 6.07) is 11.0. The molecule has 1 N–H and O–H groups in total. The number of rotatable bonds is 8. The Morgan fingerprint density at radius 3 is 2.37 bits per heavy atom. The number of carbonyl (C=O) groups is 2. The fourth-order valence-corrected chi connectivity index (χ4v) is 2.67. The van der Waals surface area contributed by atoms with Crippen LogP contribution in [0.25, 0.3) is 0 Å². The van der Waals surface area contributed by atoms with Gasteiger partial charge in [-0.05, 0) is 37.1 Å². The van der Waals surface area contributed by atoms with E-state index in [1.54, 1.807) is 25.1 Å². The molecule has 2 aromatic rings. The highest BCUT2D eigenvalue weighted by Crippen LogP contribution is 2.15. The summed E-state index contributed by atoms with van der Waals surface area (Å²) in [6.07, 6.45) is 0.773. The minimum absolute atomic E-state index is 0.000129. The Morgan fingerprint density at radius 1 is 1.07 bits per heavy atom. The van der Waals surface area contributed by atoms with Gasteiger partial charge in [-0.3, -0.25) is 9.59 Å². The monoisotopic (exact) mass is 374 g/mol. The van der Waals surface area contributed by atoms with Crippen molar-refractivity contribution >= 4 is 11.8 Å². The molecular formula is C21H24F2N2O2. The topological polar surface area (TPSA) is 49.4 Å². The van der Waals surface area contributed by atoms with Crippen molar-refractivity contribution in [3.63, 3.8) is 0 Å². The van der Waals surface area contributed by atoms with Crippen LogP contribution in [0.2, 0.25) is 0 Å². The molecule has 0 saturated carbocycles. The summed E-state index contributed by atoms with van der Waals surface area (Å²) in [7, 11) is 0. The second kappa shape index (κ2) is 9.80. The van der Waals surface area contributed by atoms with Crippen LogP contribution in [0.1, 0.15) is 31.4 Å². The van der Waals surface area contributed by atoms with Gasteiger partial charge in [0.15, 0.2) is 0 Å². The second-order valence-electron chi connectivity index (χ2n) is 6.38. The van der Waals surface area contributed by atoms with Crippen molar-refractivity contribution in [1.29, 1.82) is 0 Å². The molecule has 0 unspecified atom stereocenters. The molecule has 0 spiro atoms. The maximum absolute atomic E-state index is 14.1. The molecular weight excluding hydrogens is 350 g/mol. The minimum atomic E-state index is -0.760. The van der Waals surface area contributed by atoms with Gasteiger partial charge >= 0.3 is 0 Å². The van der Waals surface area contributed by atoms with Crippen LogP contribution in [0.5, 0.6) is 0 Å². The average Bonchev–Trinajstić information content (AvgIpc) is 2.66. The predicted octanol–water partition coefficient (Wildman–Crippen LogP) is 3.45. The Bertz CT molecular complexity index is 778. The van der Waals surface area contributed by atoms with Crippen molar-refractivity contribution in [3.8, 4) is 0 Å². The van der Waals surface area contributed by atoms with Crippen molar-refractivity contribution in [3.05, 3.63) is 71.3 Å². The van der Waals surface area contributed by atoms with Crippen LogP contribution < -0.4 is 5.32 Å². The van der Waals surface area contributed by atoms with E-state index in [4.69, 9.17) is 0 Å². The first-order valence-electron chi connectivity index (χ1n) is 8.97. The summed E-state index contributed by atoms with van der Waals surface area (Å²) in [4.78, 5) is 26.6. The lowest BCUT2D eigenvalue weighted by molar-refractivity contribution is -0.140. The summed E-state index contributed by atoms with van der Waals surface area (Å²) >= 11 is 0. The zero-order valence-corrected chi connectivity index (χ0v) is 15.5. The number of hydrogen-bond acceptors (Lipinski definition) is 2. The lowest BCUT2D eigenvalue weighted by atomic mass is 10.1. The summed E-state index contributed by atoms with van der Waals surface area (Å²) < 4.78 is 27.1. The number of hydrogen-bond donors (Lipinski definition) is 1. The van der Waals surface area contributed by atoms with Gasteiger partial charge in [-0.1, -0.05) is 37.3 Å². The molecule has 0 saturated heterocycles. The zero-order chi connectivity index (χ0) is 19.8. The zero-order valence-electron chi connectivity index (χ0n) is 15.5. The number of nitrogens with zero attached hydrogens (tertiary/aromatic N) is 1. The summed E-state index contributed by atoms with van der Waals surface area (Å²) in [5.41, 5.74) is 0.959. The molecule has 0 aliphatic carbocycles. The molecule has 2 rings (SSSR count). The molecule has 4 nitrogen and oxygen atoms in total. The van der Waals surface area contributed by atoms with Crippen molar-refractivity contribution in [2.45, 2.75) is 39.3 Å². The highest BCUT2D eigenvalue weighted by atomic mass is 19.1. The Balaban J connectivity index is 2.21. The van der Waals surface area contributed by atoms with Gasteiger partial charge in [0, 0.05) is 18.7 Å². The molecule has 1 atom stereocenters. The molecule has 2 aromatic carbocycles. The third kappa shape index (κ3) is 5.88. The molecule has 0 heterocycles. The lowest BCUT2D eigenvalue weighted by Gasteiger charge is -2.29. The number of carbonyl (C=O) groups excluding carboxylic acids is 2. The van der Waals surface area contributed by atoms with Crippen molar-refractivity contribution < 1.29 is 18.4 Å². The predicted molar refractivity (Wildman–Crippen MR) is 99.8 cm³/mol. The van der Waals surface area contributed by atoms with Gasteiger partial charge in [-0.2, -0.15) is 0 Å². The number of nitrogens with one attached hydrogen (secondary N) is 1. The van der Waals surface area contributed by atoms with Gasteiger partial charge in [0.2, 0.25) is 11.8 Å². The molecule has 0 fully saturated rings. The van der Waals surface area contributed by atoms with E-state index < -0.39 is 11.9 Å². The second-order valence-corrected chi connectivity index (χ2v) is 6.38. The molecule has 0 bridgehead atoms. The Hall–Kier alpha value is -2.76. The SMILES string of the molecule is CCCNC(=O)[C@H](C)N(Cc1ccccc1F)C(=O)Cc1ccc(F)cc1. The maximum Gasteiger partial charge on any atom is 0.242 e. The van der Waals surface area contributed by atoms with Crippen molar-refractivity contribution in [2.24, 2.45) is 0 Å². The smallest absolute Gasteiger partial charge is 0.242 e. The lowest BCUT2D eigenvalue weighted by Crippen LogP contribution is -2.48. The standard InChI is InChI=1S/C21H24F2N2O2/c1-3-12-24-21(27)15(2)25(14-17-6-4-5-7-19(17)23)20(26)13-16-8-10-18(22)11-9-16/h4-11,15H,3,12-14H2,1-2H3,(H,24,27)/t15-/m0/s1. The Morgan fingerprint density at radius 2 is 1.74 bits per heavy atom. The van der Waals surface area contributed by atoms with E-state index in [-0.39, 0.29) is 30.6 Å². The first-order valence-corrected chi connectivity index (χ1v) is 8.97. The van der Waals surface area contributed by atoms with Gasteiger partial charge in [0.1, 0.15) is 17.7 Å². The number of benzene rings is 2. The summed E-state index contributed by atoms with van der Waals surface area (Å²) in [5, 5.41) is 2.76. The van der Waals surface area contributed by atoms with Gasteiger partial charge in [-0.15, -0.1) is 0 Å². The molecule has 2 amide bonds. The molecule has 27 heavy (non-hydrogen) atoms. The van der Waals surface area contributed by atoms with Crippen molar-refractivity contribution in [1.82, 2.24) is 10.2 Å². The van der Waals surface area contributed by atoms with Crippen LogP contribution in [0.15, 0.2) is 48.5 Å². The van der Waals surface area contributed by atoms with E-state index in [2.05, 4.69) is 5.32 Å². The normalized spacial score (nSPS) is 11.7. The third-order valence-corrected chi connectivity index (χ3v) is 4.28. The van der Waals surface area contributed by atoms with E-state index in [9.17, 15) is 18.4 Å². The van der Waals surface area contributed by atoms with E-state index in [0.717, 1.165) is 6.42 Å². The third-order valence-electron chi connectivity index (χ3n) is 4.28. The highest BCUT2D eigenvalue weighted by Gasteiger charge is 2.26. The number of halogens is 2. The molecule has 0 aromatic heterocycles. The molecule has 0 aliphatic heterocycles. The molecule has 6 heteroatoms. The Kier molecular flexibility index (Phi) is 7.46. The first kappa shape index (κ1) is 20.6. The van der Waals surface area contributed by atoms with Crippen LogP contribution in [0.3, 0.4) is 0 Å². The van der Waals surface area contributed by atoms with Crippen LogP contribution in [0, 0.1) is 11.6 Å². The van der Waals surface area contributed by atoms with E-state index in [1.165, 1.54) is 35.2 Å². The largest absolute Gasteiger partial charge is 0.354 e. The minimum Gasteiger partial charge on any atom is -0.354 e. The summed E-state index contributed by atoms with van der Waals surface area (Å²) in [6.45, 7) is 4.03. The maximum atomic E-state index is 14.1. The molecule has 0 aliphatic rings. The fraction of sp³-hybridized carbons (Fsp3) is 0.333. The summed E-state index contributed by atoms with van der Waals surface area (Å²) in [5.74, 6) is -1.44. The van der Waals surface area contributed by atoms with Crippen LogP contribution >= 0.6 is 0 Å². The highest BCUT2D eigenvalue weighted by molar-refractivity contribution is 5.88. The van der Waals surface area contributed by atoms with Crippen LogP contribution in [0.4, 0.5) is 8.78 Å². The van der Waals surface area contributed by atoms with Crippen LogP contribution in [-0.4, -0.2) is 29.3 Å². The van der Waals surface area contributed by atoms with Gasteiger partial charge in [-0.25, -0.2) is 8.78 Å². The van der Waals surface area contributed by atoms with E-state index in [0.29, 0.717) is 17.7 Å². The van der Waals surface area contributed by atoms with E-state index >= 15 is 0 Å². The number of amides is 2.